The van der Waals surface area contributed by atoms with Gasteiger partial charge in [0.05, 0.1) is 19.2 Å². The number of ether oxygens (including phenoxy) is 2. The van der Waals surface area contributed by atoms with Crippen molar-refractivity contribution in [3.63, 3.8) is 0 Å². The molecular formula is C12H16ClNO3. The van der Waals surface area contributed by atoms with Gasteiger partial charge in [0, 0.05) is 6.04 Å². The van der Waals surface area contributed by atoms with E-state index in [0.29, 0.717) is 29.4 Å². The van der Waals surface area contributed by atoms with E-state index in [4.69, 9.17) is 21.1 Å². The van der Waals surface area contributed by atoms with Gasteiger partial charge < -0.3 is 14.8 Å². The smallest absolute Gasteiger partial charge is 0.207 e. The van der Waals surface area contributed by atoms with Crippen LogP contribution < -0.4 is 14.8 Å². The Morgan fingerprint density at radius 2 is 2.12 bits per heavy atom. The van der Waals surface area contributed by atoms with Gasteiger partial charge in [-0.15, -0.1) is 0 Å². The van der Waals surface area contributed by atoms with Gasteiger partial charge >= 0.3 is 0 Å². The predicted octanol–water partition coefficient (Wildman–Crippen LogP) is 2.03. The van der Waals surface area contributed by atoms with Crippen LogP contribution in [0.1, 0.15) is 12.5 Å². The molecule has 1 amide bonds. The number of carbonyl (C=O) groups is 1. The molecule has 94 valence electrons. The van der Waals surface area contributed by atoms with Crippen LogP contribution in [0.5, 0.6) is 11.5 Å². The molecule has 1 aromatic carbocycles. The lowest BCUT2D eigenvalue weighted by molar-refractivity contribution is -0.110. The molecule has 0 spiro atoms. The van der Waals surface area contributed by atoms with Gasteiger partial charge in [-0.2, -0.15) is 0 Å². The van der Waals surface area contributed by atoms with Gasteiger partial charge in [0.2, 0.25) is 6.41 Å². The van der Waals surface area contributed by atoms with Gasteiger partial charge in [0.15, 0.2) is 11.5 Å². The molecule has 0 bridgehead atoms. The first-order valence-electron chi connectivity index (χ1n) is 5.23. The number of amides is 1. The van der Waals surface area contributed by atoms with Gasteiger partial charge in [0.1, 0.15) is 0 Å². The van der Waals surface area contributed by atoms with Crippen molar-refractivity contribution in [1.29, 1.82) is 0 Å². The summed E-state index contributed by atoms with van der Waals surface area (Å²) in [5, 5.41) is 3.20. The van der Waals surface area contributed by atoms with Gasteiger partial charge in [-0.05, 0) is 25.0 Å². The van der Waals surface area contributed by atoms with E-state index in [-0.39, 0.29) is 6.04 Å². The van der Waals surface area contributed by atoms with Gasteiger partial charge in [-0.25, -0.2) is 0 Å². The minimum absolute atomic E-state index is 0.0168. The second kappa shape index (κ2) is 6.35. The molecule has 0 aliphatic carbocycles. The molecule has 0 aliphatic rings. The minimum Gasteiger partial charge on any atom is -0.493 e. The molecule has 1 aromatic rings. The number of halogens is 1. The number of carbonyl (C=O) groups excluding carboxylic acids is 1. The molecule has 0 fully saturated rings. The maximum absolute atomic E-state index is 10.3. The van der Waals surface area contributed by atoms with Crippen LogP contribution in [0.25, 0.3) is 0 Å². The molecule has 0 heterocycles. The molecule has 0 radical (unpaired) electrons. The zero-order valence-electron chi connectivity index (χ0n) is 10.1. The highest BCUT2D eigenvalue weighted by Gasteiger charge is 2.14. The zero-order chi connectivity index (χ0) is 12.8. The third-order valence-electron chi connectivity index (χ3n) is 2.44. The third-order valence-corrected chi connectivity index (χ3v) is 2.86. The van der Waals surface area contributed by atoms with E-state index in [9.17, 15) is 4.79 Å². The maximum atomic E-state index is 10.3. The summed E-state index contributed by atoms with van der Waals surface area (Å²) < 4.78 is 10.3. The highest BCUT2D eigenvalue weighted by molar-refractivity contribution is 6.33. The van der Waals surface area contributed by atoms with Crippen molar-refractivity contribution in [2.75, 3.05) is 14.2 Å². The van der Waals surface area contributed by atoms with E-state index in [1.807, 2.05) is 13.0 Å². The fourth-order valence-corrected chi connectivity index (χ4v) is 1.90. The minimum atomic E-state index is 0.0168. The normalized spacial score (nSPS) is 11.8. The Labute approximate surface area is 106 Å². The van der Waals surface area contributed by atoms with Crippen LogP contribution in [0.15, 0.2) is 12.1 Å². The predicted molar refractivity (Wildman–Crippen MR) is 66.9 cm³/mol. The largest absolute Gasteiger partial charge is 0.493 e. The highest BCUT2D eigenvalue weighted by Crippen LogP contribution is 2.37. The second-order valence-corrected chi connectivity index (χ2v) is 4.04. The van der Waals surface area contributed by atoms with E-state index in [0.717, 1.165) is 5.56 Å². The number of methoxy groups -OCH3 is 2. The Balaban J connectivity index is 2.98. The molecule has 0 aromatic heterocycles. The van der Waals surface area contributed by atoms with Crippen LogP contribution in [-0.2, 0) is 11.2 Å². The van der Waals surface area contributed by atoms with Crippen molar-refractivity contribution >= 4 is 18.0 Å². The van der Waals surface area contributed by atoms with Crippen LogP contribution in [0.2, 0.25) is 5.02 Å². The molecule has 5 heteroatoms. The monoisotopic (exact) mass is 257 g/mol. The molecule has 1 atom stereocenters. The Morgan fingerprint density at radius 1 is 1.41 bits per heavy atom. The van der Waals surface area contributed by atoms with Crippen molar-refractivity contribution in [2.24, 2.45) is 0 Å². The molecule has 0 unspecified atom stereocenters. The SMILES string of the molecule is COc1ccc(C[C@H](C)NC=O)c(Cl)c1OC. The van der Waals surface area contributed by atoms with Crippen molar-refractivity contribution in [1.82, 2.24) is 5.32 Å². The van der Waals surface area contributed by atoms with Crippen LogP contribution in [0.4, 0.5) is 0 Å². The van der Waals surface area contributed by atoms with Crippen molar-refractivity contribution in [2.45, 2.75) is 19.4 Å². The number of hydrogen-bond donors (Lipinski definition) is 1. The molecule has 0 saturated carbocycles. The third kappa shape index (κ3) is 3.27. The first-order chi connectivity index (χ1) is 8.13. The van der Waals surface area contributed by atoms with Crippen LogP contribution in [0, 0.1) is 0 Å². The Morgan fingerprint density at radius 3 is 2.65 bits per heavy atom. The summed E-state index contributed by atoms with van der Waals surface area (Å²) in [5.74, 6) is 1.11. The van der Waals surface area contributed by atoms with Gasteiger partial charge in [-0.1, -0.05) is 17.7 Å². The number of benzene rings is 1. The van der Waals surface area contributed by atoms with Crippen molar-refractivity contribution in [3.05, 3.63) is 22.7 Å². The fraction of sp³-hybridized carbons (Fsp3) is 0.417. The maximum Gasteiger partial charge on any atom is 0.207 e. The van der Waals surface area contributed by atoms with Crippen LogP contribution in [-0.4, -0.2) is 26.7 Å². The van der Waals surface area contributed by atoms with Crippen LogP contribution in [0.3, 0.4) is 0 Å². The average Bonchev–Trinajstić information content (AvgIpc) is 2.31. The summed E-state index contributed by atoms with van der Waals surface area (Å²) in [4.78, 5) is 10.3. The van der Waals surface area contributed by atoms with Crippen molar-refractivity contribution in [3.8, 4) is 11.5 Å². The summed E-state index contributed by atoms with van der Waals surface area (Å²) in [7, 11) is 3.10. The Hall–Kier alpha value is -1.42. The second-order valence-electron chi connectivity index (χ2n) is 3.66. The lowest BCUT2D eigenvalue weighted by Crippen LogP contribution is -2.26. The first kappa shape index (κ1) is 13.6. The van der Waals surface area contributed by atoms with E-state index in [1.54, 1.807) is 20.3 Å². The Kier molecular flexibility index (Phi) is 5.10. The van der Waals surface area contributed by atoms with Gasteiger partial charge in [0.25, 0.3) is 0 Å². The quantitative estimate of drug-likeness (QED) is 0.794. The molecule has 0 aliphatic heterocycles. The van der Waals surface area contributed by atoms with E-state index >= 15 is 0 Å². The molecule has 17 heavy (non-hydrogen) atoms. The Bertz CT molecular complexity index is 396. The zero-order valence-corrected chi connectivity index (χ0v) is 10.9. The summed E-state index contributed by atoms with van der Waals surface area (Å²) in [5.41, 5.74) is 0.908. The fourth-order valence-electron chi connectivity index (χ4n) is 1.59. The van der Waals surface area contributed by atoms with Crippen LogP contribution >= 0.6 is 11.6 Å². The highest BCUT2D eigenvalue weighted by atomic mass is 35.5. The molecule has 0 saturated heterocycles. The molecule has 4 nitrogen and oxygen atoms in total. The average molecular weight is 258 g/mol. The number of rotatable bonds is 6. The number of nitrogens with one attached hydrogen (secondary N) is 1. The van der Waals surface area contributed by atoms with Gasteiger partial charge in [-0.3, -0.25) is 4.79 Å². The van der Waals surface area contributed by atoms with Crippen molar-refractivity contribution < 1.29 is 14.3 Å². The van der Waals surface area contributed by atoms with E-state index in [2.05, 4.69) is 5.32 Å². The first-order valence-corrected chi connectivity index (χ1v) is 5.60. The summed E-state index contributed by atoms with van der Waals surface area (Å²) in [6.45, 7) is 1.90. The van der Waals surface area contributed by atoms with E-state index in [1.165, 1.54) is 0 Å². The number of hydrogen-bond acceptors (Lipinski definition) is 3. The summed E-state index contributed by atoms with van der Waals surface area (Å²) in [6.07, 6.45) is 1.32. The standard InChI is InChI=1S/C12H16ClNO3/c1-8(14-7-15)6-9-4-5-10(16-2)12(17-3)11(9)13/h4-5,7-8H,6H2,1-3H3,(H,14,15)/t8-/m0/s1. The lowest BCUT2D eigenvalue weighted by atomic mass is 10.1. The topological polar surface area (TPSA) is 47.6 Å². The summed E-state index contributed by atoms with van der Waals surface area (Å²) >= 11 is 6.22. The lowest BCUT2D eigenvalue weighted by Gasteiger charge is -2.15. The molecule has 1 N–H and O–H groups in total. The van der Waals surface area contributed by atoms with E-state index < -0.39 is 0 Å². The molecule has 1 rings (SSSR count). The molecular weight excluding hydrogens is 242 g/mol. The summed E-state index contributed by atoms with van der Waals surface area (Å²) in [6, 6.07) is 3.68.